The summed E-state index contributed by atoms with van der Waals surface area (Å²) in [7, 11) is 0. The Hall–Kier alpha value is -0.630. The van der Waals surface area contributed by atoms with Crippen molar-refractivity contribution in [3.05, 3.63) is 11.6 Å². The van der Waals surface area contributed by atoms with Gasteiger partial charge >= 0.3 is 0 Å². The van der Waals surface area contributed by atoms with Crippen molar-refractivity contribution in [2.24, 2.45) is 0 Å². The number of ether oxygens (including phenoxy) is 1. The zero-order chi connectivity index (χ0) is 11.2. The molecule has 2 rings (SSSR count). The predicted molar refractivity (Wildman–Crippen MR) is 64.4 cm³/mol. The van der Waals surface area contributed by atoms with E-state index in [2.05, 4.69) is 6.08 Å². The molecule has 0 bridgehead atoms. The van der Waals surface area contributed by atoms with Crippen LogP contribution in [-0.2, 0) is 9.53 Å². The molecule has 2 aliphatic rings. The van der Waals surface area contributed by atoms with E-state index < -0.39 is 0 Å². The summed E-state index contributed by atoms with van der Waals surface area (Å²) in [6.07, 6.45) is 12.3. The van der Waals surface area contributed by atoms with Gasteiger partial charge in [-0.3, -0.25) is 4.79 Å². The van der Waals surface area contributed by atoms with E-state index in [1.165, 1.54) is 25.7 Å². The van der Waals surface area contributed by atoms with Crippen molar-refractivity contribution in [1.82, 2.24) is 0 Å². The van der Waals surface area contributed by atoms with Crippen molar-refractivity contribution in [2.45, 2.75) is 63.9 Å². The minimum Gasteiger partial charge on any atom is -0.370 e. The molecule has 0 amide bonds. The van der Waals surface area contributed by atoms with Crippen LogP contribution in [0.25, 0.3) is 0 Å². The lowest BCUT2D eigenvalue weighted by molar-refractivity contribution is -0.129. The lowest BCUT2D eigenvalue weighted by Gasteiger charge is -2.23. The van der Waals surface area contributed by atoms with Gasteiger partial charge in [-0.1, -0.05) is 18.9 Å². The van der Waals surface area contributed by atoms with E-state index in [1.54, 1.807) is 0 Å². The Morgan fingerprint density at radius 1 is 1.12 bits per heavy atom. The highest BCUT2D eigenvalue weighted by Crippen LogP contribution is 2.22. The largest absolute Gasteiger partial charge is 0.370 e. The second-order valence-electron chi connectivity index (χ2n) is 4.90. The van der Waals surface area contributed by atoms with Gasteiger partial charge in [0.15, 0.2) is 5.78 Å². The quantitative estimate of drug-likeness (QED) is 0.715. The Kier molecular flexibility index (Phi) is 4.58. The van der Waals surface area contributed by atoms with Crippen LogP contribution in [-0.4, -0.2) is 18.5 Å². The minimum atomic E-state index is -0.126. The number of rotatable bonds is 2. The first-order valence-corrected chi connectivity index (χ1v) is 6.73. The molecule has 1 heterocycles. The second kappa shape index (κ2) is 6.19. The van der Waals surface area contributed by atoms with E-state index in [-0.39, 0.29) is 11.9 Å². The molecule has 16 heavy (non-hydrogen) atoms. The molecule has 1 unspecified atom stereocenters. The molecule has 0 spiro atoms. The number of hydrogen-bond acceptors (Lipinski definition) is 2. The molecule has 2 heteroatoms. The summed E-state index contributed by atoms with van der Waals surface area (Å²) < 4.78 is 5.57. The van der Waals surface area contributed by atoms with Gasteiger partial charge in [0.2, 0.25) is 0 Å². The van der Waals surface area contributed by atoms with Gasteiger partial charge in [0.05, 0.1) is 0 Å². The third-order valence-corrected chi connectivity index (χ3v) is 3.58. The molecule has 1 fully saturated rings. The topological polar surface area (TPSA) is 26.3 Å². The van der Waals surface area contributed by atoms with Gasteiger partial charge in [-0.25, -0.2) is 0 Å². The molecule has 0 saturated carbocycles. The number of carbonyl (C=O) groups is 1. The van der Waals surface area contributed by atoms with Crippen molar-refractivity contribution in [1.29, 1.82) is 0 Å². The Balaban J connectivity index is 1.95. The van der Waals surface area contributed by atoms with Crippen LogP contribution < -0.4 is 0 Å². The summed E-state index contributed by atoms with van der Waals surface area (Å²) in [5, 5.41) is 0. The molecule has 0 aromatic carbocycles. The fourth-order valence-corrected chi connectivity index (χ4v) is 2.57. The van der Waals surface area contributed by atoms with E-state index in [1.807, 2.05) is 0 Å². The van der Waals surface area contributed by atoms with Crippen LogP contribution in [0.5, 0.6) is 0 Å². The number of ketones is 1. The van der Waals surface area contributed by atoms with Crippen LogP contribution in [0.2, 0.25) is 0 Å². The summed E-state index contributed by atoms with van der Waals surface area (Å²) in [6, 6.07) is 0. The first-order chi connectivity index (χ1) is 7.88. The smallest absolute Gasteiger partial charge is 0.187 e. The molecule has 0 aromatic heterocycles. The fraction of sp³-hybridized carbons (Fsp3) is 0.786. The van der Waals surface area contributed by atoms with Crippen LogP contribution in [0.3, 0.4) is 0 Å². The van der Waals surface area contributed by atoms with E-state index >= 15 is 0 Å². The predicted octanol–water partition coefficient (Wildman–Crippen LogP) is 3.41. The lowest BCUT2D eigenvalue weighted by Crippen LogP contribution is -2.29. The first-order valence-electron chi connectivity index (χ1n) is 6.73. The summed E-state index contributed by atoms with van der Waals surface area (Å²) in [4.78, 5) is 12.2. The zero-order valence-electron chi connectivity index (χ0n) is 10.0. The van der Waals surface area contributed by atoms with Gasteiger partial charge in [0.1, 0.15) is 6.10 Å². The standard InChI is InChI=1S/C14H22O2/c15-14(13-10-6-7-11-16-13)12-8-4-2-1-3-5-9-12/h8,13H,1-7,9-11H2. The van der Waals surface area contributed by atoms with Gasteiger partial charge in [-0.15, -0.1) is 0 Å². The Morgan fingerprint density at radius 3 is 2.81 bits per heavy atom. The van der Waals surface area contributed by atoms with E-state index in [9.17, 15) is 4.79 Å². The molecule has 0 radical (unpaired) electrons. The maximum Gasteiger partial charge on any atom is 0.187 e. The minimum absolute atomic E-state index is 0.126. The number of hydrogen-bond donors (Lipinski definition) is 0. The van der Waals surface area contributed by atoms with E-state index in [4.69, 9.17) is 4.74 Å². The maximum atomic E-state index is 12.2. The highest BCUT2D eigenvalue weighted by Gasteiger charge is 2.24. The van der Waals surface area contributed by atoms with E-state index in [0.29, 0.717) is 0 Å². The first kappa shape index (κ1) is 11.8. The van der Waals surface area contributed by atoms with Crippen molar-refractivity contribution < 1.29 is 9.53 Å². The molecule has 0 aromatic rings. The third-order valence-electron chi connectivity index (χ3n) is 3.58. The monoisotopic (exact) mass is 222 g/mol. The van der Waals surface area contributed by atoms with Crippen molar-refractivity contribution in [3.63, 3.8) is 0 Å². The normalized spacial score (nSPS) is 27.8. The summed E-state index contributed by atoms with van der Waals surface area (Å²) in [5.41, 5.74) is 1.05. The number of carbonyl (C=O) groups excluding carboxylic acids is 1. The highest BCUT2D eigenvalue weighted by molar-refractivity contribution is 5.98. The Bertz CT molecular complexity index is 262. The molecular weight excluding hydrogens is 200 g/mol. The summed E-state index contributed by atoms with van der Waals surface area (Å²) in [5.74, 6) is 0.279. The van der Waals surface area contributed by atoms with Gasteiger partial charge in [0.25, 0.3) is 0 Å². The Morgan fingerprint density at radius 2 is 2.00 bits per heavy atom. The molecule has 2 nitrogen and oxygen atoms in total. The van der Waals surface area contributed by atoms with E-state index in [0.717, 1.165) is 44.3 Å². The molecular formula is C14H22O2. The zero-order valence-corrected chi connectivity index (χ0v) is 10.0. The van der Waals surface area contributed by atoms with Crippen LogP contribution in [0.4, 0.5) is 0 Å². The molecule has 1 saturated heterocycles. The fourth-order valence-electron chi connectivity index (χ4n) is 2.57. The van der Waals surface area contributed by atoms with Crippen LogP contribution >= 0.6 is 0 Å². The molecule has 90 valence electrons. The highest BCUT2D eigenvalue weighted by atomic mass is 16.5. The van der Waals surface area contributed by atoms with Crippen LogP contribution in [0.15, 0.2) is 11.6 Å². The van der Waals surface area contributed by atoms with Gasteiger partial charge in [0, 0.05) is 6.61 Å². The Labute approximate surface area is 98.1 Å². The third kappa shape index (κ3) is 3.18. The van der Waals surface area contributed by atoms with Crippen molar-refractivity contribution >= 4 is 5.78 Å². The lowest BCUT2D eigenvalue weighted by atomic mass is 9.93. The van der Waals surface area contributed by atoms with Gasteiger partial charge in [-0.05, 0) is 50.5 Å². The number of Topliss-reactive ketones (excluding diaryl/α,β-unsaturated/α-hetero) is 1. The molecule has 1 atom stereocenters. The molecule has 1 aliphatic carbocycles. The average molecular weight is 222 g/mol. The van der Waals surface area contributed by atoms with Crippen molar-refractivity contribution in [2.75, 3.05) is 6.61 Å². The SMILES string of the molecule is O=C(C1=CCCCCCC1)C1CCCCO1. The van der Waals surface area contributed by atoms with Crippen molar-refractivity contribution in [3.8, 4) is 0 Å². The molecule has 0 N–H and O–H groups in total. The van der Waals surface area contributed by atoms with Gasteiger partial charge < -0.3 is 4.74 Å². The summed E-state index contributed by atoms with van der Waals surface area (Å²) >= 11 is 0. The molecule has 1 aliphatic heterocycles. The van der Waals surface area contributed by atoms with Gasteiger partial charge in [-0.2, -0.15) is 0 Å². The average Bonchev–Trinajstić information content (AvgIpc) is 2.29. The number of allylic oxidation sites excluding steroid dienone is 1. The van der Waals surface area contributed by atoms with Crippen LogP contribution in [0.1, 0.15) is 57.8 Å². The summed E-state index contributed by atoms with van der Waals surface area (Å²) in [6.45, 7) is 0.768. The maximum absolute atomic E-state index is 12.2. The van der Waals surface area contributed by atoms with Crippen LogP contribution in [0, 0.1) is 0 Å². The second-order valence-corrected chi connectivity index (χ2v) is 4.90.